The summed E-state index contributed by atoms with van der Waals surface area (Å²) in [5.41, 5.74) is 0.823. The number of nitrogens with zero attached hydrogens (tertiary/aromatic N) is 2. The van der Waals surface area contributed by atoms with E-state index in [2.05, 4.69) is 0 Å². The van der Waals surface area contributed by atoms with E-state index >= 15 is 0 Å². The molecular weight excluding hydrogens is 380 g/mol. The van der Waals surface area contributed by atoms with E-state index in [0.29, 0.717) is 32.5 Å². The van der Waals surface area contributed by atoms with E-state index in [9.17, 15) is 14.4 Å². The van der Waals surface area contributed by atoms with Gasteiger partial charge in [0.2, 0.25) is 5.91 Å². The number of hydrogen-bond acceptors (Lipinski definition) is 4. The summed E-state index contributed by atoms with van der Waals surface area (Å²) in [5, 5.41) is 2.06. The van der Waals surface area contributed by atoms with Gasteiger partial charge >= 0.3 is 5.97 Å². The van der Waals surface area contributed by atoms with Crippen LogP contribution in [0.4, 0.5) is 5.69 Å². The fourth-order valence-electron chi connectivity index (χ4n) is 4.18. The first kappa shape index (κ1) is 20.4. The molecule has 0 atom stereocenters. The SMILES string of the molecule is CCN(C(=O)COC(=O)C1CCN(C(=O)C2CC2)CC1)c1cccc2ccccc12. The fraction of sp³-hybridized carbons (Fsp3) is 0.458. The highest BCUT2D eigenvalue weighted by molar-refractivity contribution is 6.04. The lowest BCUT2D eigenvalue weighted by atomic mass is 9.97. The summed E-state index contributed by atoms with van der Waals surface area (Å²) < 4.78 is 5.38. The molecule has 6 nitrogen and oxygen atoms in total. The Morgan fingerprint density at radius 1 is 0.967 bits per heavy atom. The number of amides is 2. The number of fused-ring (bicyclic) bond motifs is 1. The minimum absolute atomic E-state index is 0.209. The molecular formula is C24H28N2O4. The van der Waals surface area contributed by atoms with Crippen LogP contribution in [0.2, 0.25) is 0 Å². The maximum Gasteiger partial charge on any atom is 0.309 e. The third kappa shape index (κ3) is 4.32. The van der Waals surface area contributed by atoms with Crippen molar-refractivity contribution in [1.29, 1.82) is 0 Å². The first-order valence-corrected chi connectivity index (χ1v) is 10.8. The smallest absolute Gasteiger partial charge is 0.309 e. The van der Waals surface area contributed by atoms with Crippen molar-refractivity contribution in [2.75, 3.05) is 31.1 Å². The van der Waals surface area contributed by atoms with Crippen molar-refractivity contribution in [3.05, 3.63) is 42.5 Å². The standard InChI is InChI=1S/C24H28N2O4/c1-2-26(21-9-5-7-17-6-3-4-8-20(17)21)22(27)16-30-24(29)19-12-14-25(15-13-19)23(28)18-10-11-18/h3-9,18-19H,2,10-16H2,1H3. The summed E-state index contributed by atoms with van der Waals surface area (Å²) in [6.07, 6.45) is 3.19. The van der Waals surface area contributed by atoms with E-state index in [-0.39, 0.29) is 36.2 Å². The molecule has 2 aromatic carbocycles. The number of likely N-dealkylation sites (N-methyl/N-ethyl adjacent to an activating group) is 1. The highest BCUT2D eigenvalue weighted by atomic mass is 16.5. The van der Waals surface area contributed by atoms with E-state index in [1.54, 1.807) is 4.90 Å². The van der Waals surface area contributed by atoms with Gasteiger partial charge in [-0.25, -0.2) is 0 Å². The zero-order valence-corrected chi connectivity index (χ0v) is 17.4. The fourth-order valence-corrected chi connectivity index (χ4v) is 4.18. The molecule has 0 aromatic heterocycles. The summed E-state index contributed by atoms with van der Waals surface area (Å²) in [5.74, 6) is -0.376. The normalized spacial score (nSPS) is 17.0. The molecule has 1 saturated carbocycles. The molecule has 0 N–H and O–H groups in total. The molecule has 2 amide bonds. The third-order valence-electron chi connectivity index (χ3n) is 6.08. The average Bonchev–Trinajstić information content (AvgIpc) is 3.63. The summed E-state index contributed by atoms with van der Waals surface area (Å²) in [6.45, 7) is 3.33. The number of carbonyl (C=O) groups excluding carboxylic acids is 3. The zero-order chi connectivity index (χ0) is 21.1. The molecule has 6 heteroatoms. The molecule has 2 aromatic rings. The lowest BCUT2D eigenvalue weighted by Gasteiger charge is -2.31. The van der Waals surface area contributed by atoms with Gasteiger partial charge in [-0.3, -0.25) is 14.4 Å². The number of hydrogen-bond donors (Lipinski definition) is 0. The van der Waals surface area contributed by atoms with E-state index in [1.165, 1.54) is 0 Å². The third-order valence-corrected chi connectivity index (χ3v) is 6.08. The highest BCUT2D eigenvalue weighted by Gasteiger charge is 2.36. The van der Waals surface area contributed by atoms with E-state index in [0.717, 1.165) is 29.3 Å². The molecule has 0 unspecified atom stereocenters. The Morgan fingerprint density at radius 3 is 2.37 bits per heavy atom. The van der Waals surface area contributed by atoms with Crippen LogP contribution in [0, 0.1) is 11.8 Å². The Balaban J connectivity index is 1.33. The van der Waals surface area contributed by atoms with E-state index in [1.807, 2.05) is 54.3 Å². The van der Waals surface area contributed by atoms with Crippen molar-refractivity contribution in [2.45, 2.75) is 32.6 Å². The molecule has 1 aliphatic carbocycles. The molecule has 2 aliphatic rings. The van der Waals surface area contributed by atoms with Crippen LogP contribution in [0.5, 0.6) is 0 Å². The number of benzene rings is 2. The maximum absolute atomic E-state index is 12.8. The van der Waals surface area contributed by atoms with Gasteiger partial charge in [-0.2, -0.15) is 0 Å². The van der Waals surface area contributed by atoms with Crippen molar-refractivity contribution < 1.29 is 19.1 Å². The molecule has 4 rings (SSSR count). The molecule has 30 heavy (non-hydrogen) atoms. The van der Waals surface area contributed by atoms with Crippen LogP contribution in [-0.2, 0) is 19.1 Å². The minimum atomic E-state index is -0.337. The maximum atomic E-state index is 12.8. The van der Waals surface area contributed by atoms with Crippen LogP contribution in [0.15, 0.2) is 42.5 Å². The predicted molar refractivity (Wildman–Crippen MR) is 115 cm³/mol. The highest BCUT2D eigenvalue weighted by Crippen LogP contribution is 2.32. The van der Waals surface area contributed by atoms with E-state index < -0.39 is 0 Å². The number of rotatable bonds is 6. The van der Waals surface area contributed by atoms with Gasteiger partial charge in [0, 0.05) is 30.9 Å². The molecule has 1 saturated heterocycles. The number of carbonyl (C=O) groups is 3. The van der Waals surface area contributed by atoms with Gasteiger partial charge in [0.05, 0.1) is 11.6 Å². The number of likely N-dealkylation sites (tertiary alicyclic amines) is 1. The Bertz CT molecular complexity index is 940. The Hall–Kier alpha value is -2.89. The number of esters is 1. The average molecular weight is 408 g/mol. The lowest BCUT2D eigenvalue weighted by molar-refractivity contribution is -0.154. The molecule has 1 heterocycles. The van der Waals surface area contributed by atoms with Gasteiger partial charge < -0.3 is 14.5 Å². The largest absolute Gasteiger partial charge is 0.455 e. The van der Waals surface area contributed by atoms with Crippen LogP contribution in [0.25, 0.3) is 10.8 Å². The summed E-state index contributed by atoms with van der Waals surface area (Å²) >= 11 is 0. The van der Waals surface area contributed by atoms with Crippen LogP contribution in [0.1, 0.15) is 32.6 Å². The molecule has 0 bridgehead atoms. The first-order valence-electron chi connectivity index (χ1n) is 10.8. The minimum Gasteiger partial charge on any atom is -0.455 e. The second-order valence-corrected chi connectivity index (χ2v) is 8.12. The topological polar surface area (TPSA) is 66.9 Å². The summed E-state index contributed by atoms with van der Waals surface area (Å²) in [6, 6.07) is 13.8. The van der Waals surface area contributed by atoms with Gasteiger partial charge in [0.25, 0.3) is 5.91 Å². The van der Waals surface area contributed by atoms with Gasteiger partial charge in [0.1, 0.15) is 0 Å². The van der Waals surface area contributed by atoms with Crippen LogP contribution < -0.4 is 4.90 Å². The lowest BCUT2D eigenvalue weighted by Crippen LogP contribution is -2.42. The van der Waals surface area contributed by atoms with Gasteiger partial charge in [-0.1, -0.05) is 36.4 Å². The van der Waals surface area contributed by atoms with Crippen molar-refractivity contribution in [2.24, 2.45) is 11.8 Å². The monoisotopic (exact) mass is 408 g/mol. The number of anilines is 1. The quantitative estimate of drug-likeness (QED) is 0.687. The molecule has 0 radical (unpaired) electrons. The van der Waals surface area contributed by atoms with Gasteiger partial charge in [0.15, 0.2) is 6.61 Å². The Labute approximate surface area is 176 Å². The van der Waals surface area contributed by atoms with Crippen molar-refractivity contribution in [3.8, 4) is 0 Å². The Morgan fingerprint density at radius 2 is 1.67 bits per heavy atom. The van der Waals surface area contributed by atoms with Crippen LogP contribution in [-0.4, -0.2) is 48.9 Å². The van der Waals surface area contributed by atoms with Crippen LogP contribution in [0.3, 0.4) is 0 Å². The summed E-state index contributed by atoms with van der Waals surface area (Å²) in [7, 11) is 0. The Kier molecular flexibility index (Phi) is 6.02. The molecule has 1 aliphatic heterocycles. The predicted octanol–water partition coefficient (Wildman–Crippen LogP) is 3.38. The van der Waals surface area contributed by atoms with E-state index in [4.69, 9.17) is 4.74 Å². The molecule has 0 spiro atoms. The number of ether oxygens (including phenoxy) is 1. The second kappa shape index (κ2) is 8.86. The second-order valence-electron chi connectivity index (χ2n) is 8.12. The van der Waals surface area contributed by atoms with Crippen LogP contribution >= 0.6 is 0 Å². The van der Waals surface area contributed by atoms with Gasteiger partial charge in [-0.15, -0.1) is 0 Å². The summed E-state index contributed by atoms with van der Waals surface area (Å²) in [4.78, 5) is 41.0. The van der Waals surface area contributed by atoms with Crippen molar-refractivity contribution >= 4 is 34.2 Å². The number of piperidine rings is 1. The molecule has 2 fully saturated rings. The zero-order valence-electron chi connectivity index (χ0n) is 17.4. The van der Waals surface area contributed by atoms with Crippen molar-refractivity contribution in [1.82, 2.24) is 4.90 Å². The van der Waals surface area contributed by atoms with Gasteiger partial charge in [-0.05, 0) is 44.1 Å². The first-order chi connectivity index (χ1) is 14.6. The molecule has 158 valence electrons. The van der Waals surface area contributed by atoms with Crippen molar-refractivity contribution in [3.63, 3.8) is 0 Å².